The smallest absolute Gasteiger partial charge is 0.471 e. The molecule has 2 aliphatic heterocycles. The van der Waals surface area contributed by atoms with Gasteiger partial charge in [-0.15, -0.1) is 0 Å². The summed E-state index contributed by atoms with van der Waals surface area (Å²) >= 11 is 3.87. The number of aromatic nitrogens is 4. The van der Waals surface area contributed by atoms with Crippen molar-refractivity contribution in [3.8, 4) is 45.3 Å². The molecule has 0 fully saturated rings. The number of nitrogens with zero attached hydrogens (tertiary/aromatic N) is 2. The Kier molecular flexibility index (Phi) is 16.1. The zero-order chi connectivity index (χ0) is 48.7. The Bertz CT molecular complexity index is 2700. The molecular formula is C54H61BrF3N5O5. The van der Waals surface area contributed by atoms with Gasteiger partial charge >= 0.3 is 12.1 Å². The van der Waals surface area contributed by atoms with Gasteiger partial charge in [0.1, 0.15) is 23.0 Å². The van der Waals surface area contributed by atoms with Crippen molar-refractivity contribution in [1.29, 1.82) is 0 Å². The molecule has 8 bridgehead atoms. The molecule has 0 spiro atoms. The Morgan fingerprint density at radius 2 is 0.897 bits per heavy atom. The predicted octanol–water partition coefficient (Wildman–Crippen LogP) is 15.0. The van der Waals surface area contributed by atoms with Crippen molar-refractivity contribution in [2.24, 2.45) is 23.7 Å². The van der Waals surface area contributed by atoms with Gasteiger partial charge in [0.15, 0.2) is 0 Å². The quantitative estimate of drug-likeness (QED) is 0.0737. The van der Waals surface area contributed by atoms with Crippen molar-refractivity contribution in [3.05, 3.63) is 87.9 Å². The Labute approximate surface area is 404 Å². The topological polar surface area (TPSA) is 123 Å². The first-order valence-corrected chi connectivity index (χ1v) is 24.2. The standard InChI is InChI=1S/C54H61BrF3N5O5/c1-31(2)17-21-65-37-25-35(26-38(29-37)66-22-18-32(3)4)49-41-9-13-45(59-41)51(55)46-14-10-42(60-46)50(36-27-39(67-23-19-33(5)6)30-40(28-36)68-24-20-34(7)8)44-12-16-48(62-44)52(47-15-11-43(49)61-47)63-53(64)54(56,57)58/h9-16,25-34,59,62H,17-24H2,1-8H3,(H,63,64). The molecule has 3 aromatic heterocycles. The van der Waals surface area contributed by atoms with Crippen LogP contribution in [0.1, 0.15) is 104 Å². The van der Waals surface area contributed by atoms with E-state index in [4.69, 9.17) is 28.9 Å². The second-order valence-corrected chi connectivity index (χ2v) is 19.7. The van der Waals surface area contributed by atoms with Gasteiger partial charge in [0.2, 0.25) is 0 Å². The highest BCUT2D eigenvalue weighted by molar-refractivity contribution is 9.10. The lowest BCUT2D eigenvalue weighted by Gasteiger charge is -2.14. The highest BCUT2D eigenvalue weighted by atomic mass is 79.9. The van der Waals surface area contributed by atoms with Gasteiger partial charge in [-0.05, 0) is 149 Å². The number of carbonyl (C=O) groups excluding carboxylic acids is 1. The van der Waals surface area contributed by atoms with Crippen molar-refractivity contribution >= 4 is 73.9 Å². The molecule has 360 valence electrons. The summed E-state index contributed by atoms with van der Waals surface area (Å²) in [6.45, 7) is 19.0. The summed E-state index contributed by atoms with van der Waals surface area (Å²) in [5, 5.41) is 2.16. The number of benzene rings is 2. The van der Waals surface area contributed by atoms with Crippen molar-refractivity contribution in [1.82, 2.24) is 19.9 Å². The fourth-order valence-electron chi connectivity index (χ4n) is 7.51. The van der Waals surface area contributed by atoms with Crippen LogP contribution in [0.3, 0.4) is 0 Å². The summed E-state index contributed by atoms with van der Waals surface area (Å²) in [7, 11) is 0. The number of halogens is 4. The molecule has 0 aliphatic carbocycles. The van der Waals surface area contributed by atoms with E-state index >= 15 is 0 Å². The van der Waals surface area contributed by atoms with E-state index in [0.29, 0.717) is 133 Å². The van der Waals surface area contributed by atoms with Crippen molar-refractivity contribution < 1.29 is 36.9 Å². The lowest BCUT2D eigenvalue weighted by Crippen LogP contribution is -2.30. The van der Waals surface area contributed by atoms with E-state index in [2.05, 4.69) is 86.6 Å². The van der Waals surface area contributed by atoms with E-state index in [9.17, 15) is 18.0 Å². The maximum atomic E-state index is 14.1. The Morgan fingerprint density at radius 1 is 0.544 bits per heavy atom. The maximum absolute atomic E-state index is 14.1. The number of ether oxygens (including phenoxy) is 4. The van der Waals surface area contributed by atoms with Gasteiger partial charge in [0, 0.05) is 34.3 Å². The first-order chi connectivity index (χ1) is 32.4. The monoisotopic (exact) mass is 995 g/mol. The van der Waals surface area contributed by atoms with Gasteiger partial charge in [-0.25, -0.2) is 9.97 Å². The molecule has 0 radical (unpaired) electrons. The van der Waals surface area contributed by atoms with E-state index in [-0.39, 0.29) is 16.9 Å². The molecule has 0 saturated carbocycles. The van der Waals surface area contributed by atoms with Crippen LogP contribution in [0.2, 0.25) is 0 Å². The number of anilines is 1. The van der Waals surface area contributed by atoms with E-state index in [1.165, 1.54) is 0 Å². The molecule has 1 amide bonds. The van der Waals surface area contributed by atoms with Gasteiger partial charge in [-0.3, -0.25) is 4.79 Å². The molecule has 2 aliphatic rings. The van der Waals surface area contributed by atoms with Crippen LogP contribution in [0.15, 0.2) is 65.1 Å². The Morgan fingerprint density at radius 3 is 1.31 bits per heavy atom. The third kappa shape index (κ3) is 12.7. The Hall–Kier alpha value is -6.02. The van der Waals surface area contributed by atoms with Gasteiger partial charge in [0.25, 0.3) is 0 Å². The third-order valence-electron chi connectivity index (χ3n) is 11.4. The number of fused-ring (bicyclic) bond motifs is 8. The van der Waals surface area contributed by atoms with Crippen LogP contribution < -0.4 is 24.3 Å². The molecule has 0 atom stereocenters. The molecule has 0 saturated heterocycles. The highest BCUT2D eigenvalue weighted by Gasteiger charge is 2.39. The van der Waals surface area contributed by atoms with Gasteiger partial charge in [-0.2, -0.15) is 13.2 Å². The third-order valence-corrected chi connectivity index (χ3v) is 12.2. The van der Waals surface area contributed by atoms with Gasteiger partial charge in [-0.1, -0.05) is 55.4 Å². The van der Waals surface area contributed by atoms with Crippen LogP contribution in [0.4, 0.5) is 18.9 Å². The SMILES string of the molecule is CC(C)CCOc1cc(OCCC(C)C)cc(-c2c3nc(c(NC(=O)C(F)(F)F)c4ccc([nH]4)c(-c4cc(OCCC(C)C)cc(OCCC(C)C)c4)c4nc(c(Br)c5ccc2[nH]5)C=C4)C=C3)c1. The van der Waals surface area contributed by atoms with Crippen LogP contribution in [-0.2, 0) is 4.79 Å². The molecule has 10 nitrogen and oxygen atoms in total. The molecule has 7 rings (SSSR count). The summed E-state index contributed by atoms with van der Waals surface area (Å²) in [5.74, 6) is 1.95. The summed E-state index contributed by atoms with van der Waals surface area (Å²) < 4.78 is 68.4. The fraction of sp³-hybridized carbons (Fsp3) is 0.389. The zero-order valence-electron chi connectivity index (χ0n) is 40.0. The summed E-state index contributed by atoms with van der Waals surface area (Å²) in [5.41, 5.74) is 6.27. The second kappa shape index (κ2) is 21.9. The number of carbonyl (C=O) groups is 1. The number of H-pyrrole nitrogens is 2. The van der Waals surface area contributed by atoms with Crippen molar-refractivity contribution in [3.63, 3.8) is 0 Å². The zero-order valence-corrected chi connectivity index (χ0v) is 41.6. The minimum absolute atomic E-state index is 0.101. The van der Waals surface area contributed by atoms with Crippen LogP contribution in [0, 0.1) is 23.7 Å². The van der Waals surface area contributed by atoms with Gasteiger partial charge in [0.05, 0.1) is 70.4 Å². The fourth-order valence-corrected chi connectivity index (χ4v) is 7.96. The van der Waals surface area contributed by atoms with Crippen LogP contribution in [0.25, 0.3) is 68.6 Å². The molecule has 14 heteroatoms. The number of amides is 1. The highest BCUT2D eigenvalue weighted by Crippen LogP contribution is 2.40. The first-order valence-electron chi connectivity index (χ1n) is 23.4. The maximum Gasteiger partial charge on any atom is 0.471 e. The molecule has 3 N–H and O–H groups in total. The predicted molar refractivity (Wildman–Crippen MR) is 272 cm³/mol. The van der Waals surface area contributed by atoms with Gasteiger partial charge < -0.3 is 34.2 Å². The number of alkyl halides is 3. The van der Waals surface area contributed by atoms with E-state index in [1.54, 1.807) is 24.3 Å². The molecule has 0 unspecified atom stereocenters. The largest absolute Gasteiger partial charge is 0.493 e. The minimum Gasteiger partial charge on any atom is -0.493 e. The summed E-state index contributed by atoms with van der Waals surface area (Å²) in [6.07, 6.45) is 5.30. The average Bonchev–Trinajstić information content (AvgIpc) is 4.11. The average molecular weight is 997 g/mol. The second-order valence-electron chi connectivity index (χ2n) is 18.9. The molecule has 5 heterocycles. The summed E-state index contributed by atoms with van der Waals surface area (Å²) in [6, 6.07) is 18.6. The molecule has 2 aromatic carbocycles. The lowest BCUT2D eigenvalue weighted by atomic mass is 10.0. The number of rotatable bonds is 19. The Balaban J connectivity index is 1.51. The van der Waals surface area contributed by atoms with E-state index in [1.807, 2.05) is 60.7 Å². The van der Waals surface area contributed by atoms with Crippen molar-refractivity contribution in [2.75, 3.05) is 31.7 Å². The number of hydrogen-bond acceptors (Lipinski definition) is 7. The molecule has 68 heavy (non-hydrogen) atoms. The molecule has 5 aromatic rings. The molecular weight excluding hydrogens is 936 g/mol. The number of hydrogen-bond donors (Lipinski definition) is 3. The van der Waals surface area contributed by atoms with Crippen LogP contribution in [0.5, 0.6) is 23.0 Å². The normalized spacial score (nSPS) is 12.5. The number of aromatic amines is 2. The van der Waals surface area contributed by atoms with Crippen molar-refractivity contribution in [2.45, 2.75) is 87.2 Å². The minimum atomic E-state index is -5.19. The van der Waals surface area contributed by atoms with Crippen LogP contribution >= 0.6 is 15.9 Å². The summed E-state index contributed by atoms with van der Waals surface area (Å²) in [4.78, 5) is 29.9. The lowest BCUT2D eigenvalue weighted by molar-refractivity contribution is -0.167. The van der Waals surface area contributed by atoms with E-state index in [0.717, 1.165) is 25.7 Å². The van der Waals surface area contributed by atoms with Crippen LogP contribution in [-0.4, -0.2) is 58.4 Å². The van der Waals surface area contributed by atoms with E-state index < -0.39 is 12.1 Å². The first kappa shape index (κ1) is 49.9. The number of nitrogens with one attached hydrogen (secondary N) is 3.